The van der Waals surface area contributed by atoms with Gasteiger partial charge in [0.25, 0.3) is 5.91 Å². The summed E-state index contributed by atoms with van der Waals surface area (Å²) >= 11 is 0. The van der Waals surface area contributed by atoms with E-state index in [0.717, 1.165) is 17.7 Å². The molecule has 0 saturated carbocycles. The Morgan fingerprint density at radius 3 is 2.18 bits per heavy atom. The summed E-state index contributed by atoms with van der Waals surface area (Å²) in [6.07, 6.45) is 1.21. The predicted octanol–water partition coefficient (Wildman–Crippen LogP) is 3.85. The number of para-hydroxylation sites is 2. The van der Waals surface area contributed by atoms with Crippen molar-refractivity contribution in [2.24, 2.45) is 0 Å². The third-order valence-corrected chi connectivity index (χ3v) is 3.41. The Kier molecular flexibility index (Phi) is 5.31. The number of aryl methyl sites for hydroxylation is 1. The first kappa shape index (κ1) is 15.8. The van der Waals surface area contributed by atoms with Crippen LogP contribution in [0.25, 0.3) is 0 Å². The third-order valence-electron chi connectivity index (χ3n) is 3.41. The minimum atomic E-state index is -0.229. The molecule has 2 rings (SSSR count). The summed E-state index contributed by atoms with van der Waals surface area (Å²) in [5.41, 5.74) is 2.86. The highest BCUT2D eigenvalue weighted by atomic mass is 16.2. The molecular weight excluding hydrogens is 276 g/mol. The molecule has 0 unspecified atom stereocenters. The van der Waals surface area contributed by atoms with Crippen molar-refractivity contribution in [1.29, 1.82) is 0 Å². The van der Waals surface area contributed by atoms with Crippen molar-refractivity contribution in [3.8, 4) is 0 Å². The molecule has 0 atom stereocenters. The van der Waals surface area contributed by atoms with Crippen molar-refractivity contribution in [3.05, 3.63) is 59.7 Å². The zero-order valence-corrected chi connectivity index (χ0v) is 12.8. The molecule has 0 spiro atoms. The molecule has 0 saturated heterocycles. The van der Waals surface area contributed by atoms with Gasteiger partial charge in [-0.25, -0.2) is 0 Å². The van der Waals surface area contributed by atoms with Gasteiger partial charge in [-0.2, -0.15) is 0 Å². The van der Waals surface area contributed by atoms with Crippen LogP contribution in [-0.2, 0) is 11.2 Å². The number of hydrogen-bond donors (Lipinski definition) is 2. The Hall–Kier alpha value is -2.62. The molecule has 2 aromatic rings. The molecule has 114 valence electrons. The van der Waals surface area contributed by atoms with Crippen LogP contribution in [0.3, 0.4) is 0 Å². The number of hydrogen-bond acceptors (Lipinski definition) is 2. The quantitative estimate of drug-likeness (QED) is 0.880. The Morgan fingerprint density at radius 1 is 0.864 bits per heavy atom. The molecule has 4 nitrogen and oxygen atoms in total. The SMILES string of the molecule is CCC(=O)Nc1ccccc1C(=O)Nc1ccccc1CC. The van der Waals surface area contributed by atoms with Crippen LogP contribution < -0.4 is 10.6 Å². The smallest absolute Gasteiger partial charge is 0.257 e. The summed E-state index contributed by atoms with van der Waals surface area (Å²) in [7, 11) is 0. The second kappa shape index (κ2) is 7.41. The van der Waals surface area contributed by atoms with E-state index in [0.29, 0.717) is 17.7 Å². The van der Waals surface area contributed by atoms with Crippen LogP contribution in [0.5, 0.6) is 0 Å². The molecule has 0 aliphatic heterocycles. The molecule has 0 heterocycles. The second-order valence-electron chi connectivity index (χ2n) is 4.91. The lowest BCUT2D eigenvalue weighted by Crippen LogP contribution is -2.18. The van der Waals surface area contributed by atoms with Crippen LogP contribution in [-0.4, -0.2) is 11.8 Å². The largest absolute Gasteiger partial charge is 0.325 e. The summed E-state index contributed by atoms with van der Waals surface area (Å²) in [6.45, 7) is 3.82. The highest BCUT2D eigenvalue weighted by Gasteiger charge is 2.13. The summed E-state index contributed by atoms with van der Waals surface area (Å²) in [5, 5.41) is 5.67. The molecule has 2 amide bonds. The van der Waals surface area contributed by atoms with Crippen LogP contribution in [0.4, 0.5) is 11.4 Å². The zero-order chi connectivity index (χ0) is 15.9. The predicted molar refractivity (Wildman–Crippen MR) is 89.1 cm³/mol. The fraction of sp³-hybridized carbons (Fsp3) is 0.222. The summed E-state index contributed by atoms with van der Waals surface area (Å²) in [4.78, 5) is 24.1. The molecular formula is C18H20N2O2. The van der Waals surface area contributed by atoms with E-state index in [1.807, 2.05) is 31.2 Å². The normalized spacial score (nSPS) is 10.1. The monoisotopic (exact) mass is 296 g/mol. The van der Waals surface area contributed by atoms with Crippen molar-refractivity contribution in [2.75, 3.05) is 10.6 Å². The van der Waals surface area contributed by atoms with Gasteiger partial charge in [0.2, 0.25) is 5.91 Å². The van der Waals surface area contributed by atoms with Gasteiger partial charge in [0, 0.05) is 12.1 Å². The second-order valence-corrected chi connectivity index (χ2v) is 4.91. The number of benzene rings is 2. The van der Waals surface area contributed by atoms with Crippen molar-refractivity contribution in [2.45, 2.75) is 26.7 Å². The Bertz CT molecular complexity index is 680. The number of nitrogens with one attached hydrogen (secondary N) is 2. The van der Waals surface area contributed by atoms with Gasteiger partial charge in [-0.1, -0.05) is 44.2 Å². The van der Waals surface area contributed by atoms with Crippen molar-refractivity contribution >= 4 is 23.2 Å². The highest BCUT2D eigenvalue weighted by Crippen LogP contribution is 2.20. The fourth-order valence-corrected chi connectivity index (χ4v) is 2.17. The average Bonchev–Trinajstić information content (AvgIpc) is 2.55. The molecule has 0 fully saturated rings. The van der Waals surface area contributed by atoms with Crippen molar-refractivity contribution in [3.63, 3.8) is 0 Å². The van der Waals surface area contributed by atoms with Crippen LogP contribution in [0.15, 0.2) is 48.5 Å². The maximum Gasteiger partial charge on any atom is 0.257 e. The van der Waals surface area contributed by atoms with Gasteiger partial charge in [0.15, 0.2) is 0 Å². The van der Waals surface area contributed by atoms with E-state index in [-0.39, 0.29) is 11.8 Å². The lowest BCUT2D eigenvalue weighted by molar-refractivity contribution is -0.115. The first-order valence-corrected chi connectivity index (χ1v) is 7.43. The molecule has 0 aromatic heterocycles. The number of carbonyl (C=O) groups excluding carboxylic acids is 2. The molecule has 0 aliphatic carbocycles. The molecule has 4 heteroatoms. The minimum absolute atomic E-state index is 0.116. The number of anilines is 2. The van der Waals surface area contributed by atoms with E-state index in [1.54, 1.807) is 31.2 Å². The lowest BCUT2D eigenvalue weighted by Gasteiger charge is -2.13. The molecule has 2 aromatic carbocycles. The Labute approximate surface area is 130 Å². The third kappa shape index (κ3) is 3.73. The van der Waals surface area contributed by atoms with Crippen LogP contribution in [0.2, 0.25) is 0 Å². The number of amides is 2. The average molecular weight is 296 g/mol. The first-order chi connectivity index (χ1) is 10.7. The number of rotatable bonds is 5. The van der Waals surface area contributed by atoms with Crippen LogP contribution >= 0.6 is 0 Å². The van der Waals surface area contributed by atoms with E-state index in [9.17, 15) is 9.59 Å². The topological polar surface area (TPSA) is 58.2 Å². The molecule has 0 bridgehead atoms. The van der Waals surface area contributed by atoms with Crippen LogP contribution in [0.1, 0.15) is 36.2 Å². The van der Waals surface area contributed by atoms with E-state index in [1.165, 1.54) is 0 Å². The Balaban J connectivity index is 2.24. The van der Waals surface area contributed by atoms with Gasteiger partial charge >= 0.3 is 0 Å². The van der Waals surface area contributed by atoms with Gasteiger partial charge in [-0.15, -0.1) is 0 Å². The summed E-state index contributed by atoms with van der Waals surface area (Å²) < 4.78 is 0. The van der Waals surface area contributed by atoms with Gasteiger partial charge < -0.3 is 10.6 Å². The first-order valence-electron chi connectivity index (χ1n) is 7.43. The molecule has 2 N–H and O–H groups in total. The number of carbonyl (C=O) groups is 2. The molecule has 0 radical (unpaired) electrons. The zero-order valence-electron chi connectivity index (χ0n) is 12.8. The summed E-state index contributed by atoms with van der Waals surface area (Å²) in [6, 6.07) is 14.7. The van der Waals surface area contributed by atoms with Crippen LogP contribution in [0, 0.1) is 0 Å². The Morgan fingerprint density at radius 2 is 1.50 bits per heavy atom. The maximum atomic E-state index is 12.5. The molecule has 0 aliphatic rings. The standard InChI is InChI=1S/C18H20N2O2/c1-3-13-9-5-7-11-15(13)20-18(22)14-10-6-8-12-16(14)19-17(21)4-2/h5-12H,3-4H2,1-2H3,(H,19,21)(H,20,22). The maximum absolute atomic E-state index is 12.5. The lowest BCUT2D eigenvalue weighted by atomic mass is 10.1. The van der Waals surface area contributed by atoms with E-state index >= 15 is 0 Å². The van der Waals surface area contributed by atoms with Gasteiger partial charge in [-0.05, 0) is 30.2 Å². The van der Waals surface area contributed by atoms with Gasteiger partial charge in [0.1, 0.15) is 0 Å². The highest BCUT2D eigenvalue weighted by molar-refractivity contribution is 6.10. The van der Waals surface area contributed by atoms with Gasteiger partial charge in [-0.3, -0.25) is 9.59 Å². The van der Waals surface area contributed by atoms with Crippen molar-refractivity contribution in [1.82, 2.24) is 0 Å². The van der Waals surface area contributed by atoms with E-state index < -0.39 is 0 Å². The van der Waals surface area contributed by atoms with Crippen molar-refractivity contribution < 1.29 is 9.59 Å². The summed E-state index contributed by atoms with van der Waals surface area (Å²) in [5.74, 6) is -0.345. The minimum Gasteiger partial charge on any atom is -0.325 e. The van der Waals surface area contributed by atoms with Gasteiger partial charge in [0.05, 0.1) is 11.3 Å². The van der Waals surface area contributed by atoms with E-state index in [4.69, 9.17) is 0 Å². The molecule has 22 heavy (non-hydrogen) atoms. The van der Waals surface area contributed by atoms with E-state index in [2.05, 4.69) is 10.6 Å². The fourth-order valence-electron chi connectivity index (χ4n) is 2.17.